The van der Waals surface area contributed by atoms with Crippen LogP contribution in [0.2, 0.25) is 5.02 Å². The number of carbonyl (C=O) groups is 2. The smallest absolute Gasteiger partial charge is 0.282 e. The van der Waals surface area contributed by atoms with Crippen LogP contribution in [-0.2, 0) is 9.59 Å². The van der Waals surface area contributed by atoms with Gasteiger partial charge in [0, 0.05) is 30.5 Å². The summed E-state index contributed by atoms with van der Waals surface area (Å²) < 4.78 is 13.5. The molecule has 0 aliphatic carbocycles. The topological polar surface area (TPSA) is 52.7 Å². The molecule has 0 unspecified atom stereocenters. The second-order valence-electron chi connectivity index (χ2n) is 7.70. The van der Waals surface area contributed by atoms with Crippen LogP contribution in [0, 0.1) is 12.7 Å². The van der Waals surface area contributed by atoms with Crippen LogP contribution in [0.5, 0.6) is 0 Å². The molecule has 2 amide bonds. The molecular weight excluding hydrogens is 429 g/mol. The van der Waals surface area contributed by atoms with Crippen LogP contribution in [0.25, 0.3) is 5.57 Å². The van der Waals surface area contributed by atoms with Crippen molar-refractivity contribution in [3.63, 3.8) is 0 Å². The normalized spacial score (nSPS) is 13.7. The van der Waals surface area contributed by atoms with Crippen LogP contribution in [0.3, 0.4) is 0 Å². The maximum Gasteiger partial charge on any atom is 0.282 e. The lowest BCUT2D eigenvalue weighted by Crippen LogP contribution is -2.33. The summed E-state index contributed by atoms with van der Waals surface area (Å²) in [5, 5.41) is 3.62. The van der Waals surface area contributed by atoms with E-state index in [0.717, 1.165) is 10.6 Å². The number of nitrogens with one attached hydrogen (secondary N) is 1. The summed E-state index contributed by atoms with van der Waals surface area (Å²) in [5.74, 6) is -1.40. The zero-order chi connectivity index (χ0) is 23.0. The van der Waals surface area contributed by atoms with Crippen molar-refractivity contribution in [2.75, 3.05) is 29.2 Å². The van der Waals surface area contributed by atoms with Gasteiger partial charge in [0.25, 0.3) is 11.8 Å². The van der Waals surface area contributed by atoms with Gasteiger partial charge in [-0.15, -0.1) is 0 Å². The highest BCUT2D eigenvalue weighted by Gasteiger charge is 2.40. The fraction of sp³-hybridized carbons (Fsp3) is 0.120. The van der Waals surface area contributed by atoms with Crippen LogP contribution < -0.4 is 15.1 Å². The number of benzene rings is 3. The minimum atomic E-state index is -0.489. The second kappa shape index (κ2) is 8.48. The standard InChI is InChI=1S/C25H21ClFN3O2/c1-15-14-17(26)6-13-21(15)30-24(31)22(16-4-7-18(27)8-5-16)23(25(30)32)28-19-9-11-20(12-10-19)29(2)3/h4-14,28H,1-3H3. The molecule has 1 aliphatic rings. The molecule has 32 heavy (non-hydrogen) atoms. The van der Waals surface area contributed by atoms with E-state index >= 15 is 0 Å². The number of anilines is 3. The molecule has 5 nitrogen and oxygen atoms in total. The Labute approximate surface area is 190 Å². The number of carbonyl (C=O) groups excluding carboxylic acids is 2. The molecule has 162 valence electrons. The number of halogens is 2. The molecule has 7 heteroatoms. The van der Waals surface area contributed by atoms with Gasteiger partial charge in [0.15, 0.2) is 0 Å². The minimum Gasteiger partial charge on any atom is -0.378 e. The van der Waals surface area contributed by atoms with Gasteiger partial charge in [0.1, 0.15) is 11.5 Å². The van der Waals surface area contributed by atoms with E-state index in [1.807, 2.05) is 43.3 Å². The van der Waals surface area contributed by atoms with E-state index in [0.29, 0.717) is 27.5 Å². The van der Waals surface area contributed by atoms with Gasteiger partial charge in [0.05, 0.1) is 11.3 Å². The number of hydrogen-bond donors (Lipinski definition) is 1. The number of amides is 2. The zero-order valence-corrected chi connectivity index (χ0v) is 18.6. The predicted molar refractivity (Wildman–Crippen MR) is 126 cm³/mol. The van der Waals surface area contributed by atoms with Crippen LogP contribution in [0.4, 0.5) is 21.5 Å². The van der Waals surface area contributed by atoms with Gasteiger partial charge < -0.3 is 10.2 Å². The first kappa shape index (κ1) is 21.6. The molecule has 0 saturated heterocycles. The second-order valence-corrected chi connectivity index (χ2v) is 8.14. The van der Waals surface area contributed by atoms with Gasteiger partial charge in [-0.2, -0.15) is 0 Å². The summed E-state index contributed by atoms with van der Waals surface area (Å²) in [5.41, 5.74) is 3.55. The molecule has 0 spiro atoms. The van der Waals surface area contributed by atoms with Gasteiger partial charge in [-0.25, -0.2) is 9.29 Å². The van der Waals surface area contributed by atoms with Crippen molar-refractivity contribution in [2.45, 2.75) is 6.92 Å². The molecule has 0 saturated carbocycles. The summed E-state index contributed by atoms with van der Waals surface area (Å²) in [4.78, 5) is 30.0. The lowest BCUT2D eigenvalue weighted by Gasteiger charge is -2.18. The molecule has 1 N–H and O–H groups in total. The fourth-order valence-corrected chi connectivity index (χ4v) is 3.83. The van der Waals surface area contributed by atoms with E-state index in [2.05, 4.69) is 5.32 Å². The van der Waals surface area contributed by atoms with Crippen LogP contribution in [-0.4, -0.2) is 25.9 Å². The lowest BCUT2D eigenvalue weighted by atomic mass is 10.0. The van der Waals surface area contributed by atoms with Gasteiger partial charge in [-0.3, -0.25) is 9.59 Å². The van der Waals surface area contributed by atoms with E-state index in [9.17, 15) is 14.0 Å². The van der Waals surface area contributed by atoms with Crippen LogP contribution in [0.15, 0.2) is 72.4 Å². The first-order valence-electron chi connectivity index (χ1n) is 9.96. The van der Waals surface area contributed by atoms with E-state index in [-0.39, 0.29) is 11.3 Å². The molecular formula is C25H21ClFN3O2. The zero-order valence-electron chi connectivity index (χ0n) is 17.8. The summed E-state index contributed by atoms with van der Waals surface area (Å²) in [6.07, 6.45) is 0. The van der Waals surface area contributed by atoms with Crippen LogP contribution in [0.1, 0.15) is 11.1 Å². The van der Waals surface area contributed by atoms with Crippen molar-refractivity contribution in [3.8, 4) is 0 Å². The van der Waals surface area contributed by atoms with Gasteiger partial charge in [-0.1, -0.05) is 23.7 Å². The Balaban J connectivity index is 1.80. The Morgan fingerprint density at radius 1 is 0.906 bits per heavy atom. The molecule has 0 atom stereocenters. The SMILES string of the molecule is Cc1cc(Cl)ccc1N1C(=O)C(Nc2ccc(N(C)C)cc2)=C(c2ccc(F)cc2)C1=O. The highest BCUT2D eigenvalue weighted by molar-refractivity contribution is 6.46. The largest absolute Gasteiger partial charge is 0.378 e. The first-order valence-corrected chi connectivity index (χ1v) is 10.3. The Kier molecular flexibility index (Phi) is 5.72. The van der Waals surface area contributed by atoms with Gasteiger partial charge >= 0.3 is 0 Å². The Bertz CT molecular complexity index is 1240. The molecule has 0 radical (unpaired) electrons. The number of nitrogens with zero attached hydrogens (tertiary/aromatic N) is 2. The highest BCUT2D eigenvalue weighted by atomic mass is 35.5. The summed E-state index contributed by atoms with van der Waals surface area (Å²) in [6, 6.07) is 18.0. The average molecular weight is 450 g/mol. The van der Waals surface area contributed by atoms with Gasteiger partial charge in [0.2, 0.25) is 0 Å². The van der Waals surface area contributed by atoms with Crippen molar-refractivity contribution in [1.29, 1.82) is 0 Å². The minimum absolute atomic E-state index is 0.133. The molecule has 1 aliphatic heterocycles. The number of rotatable bonds is 5. The number of hydrogen-bond acceptors (Lipinski definition) is 4. The summed E-state index contributed by atoms with van der Waals surface area (Å²) >= 11 is 6.06. The van der Waals surface area contributed by atoms with Crippen molar-refractivity contribution >= 4 is 46.1 Å². The molecule has 4 rings (SSSR count). The Morgan fingerprint density at radius 2 is 1.56 bits per heavy atom. The van der Waals surface area contributed by atoms with Crippen molar-refractivity contribution in [1.82, 2.24) is 0 Å². The molecule has 1 heterocycles. The fourth-order valence-electron chi connectivity index (χ4n) is 3.61. The maximum atomic E-state index is 13.5. The summed E-state index contributed by atoms with van der Waals surface area (Å²) in [7, 11) is 3.87. The maximum absolute atomic E-state index is 13.5. The van der Waals surface area contributed by atoms with E-state index < -0.39 is 17.6 Å². The van der Waals surface area contributed by atoms with Crippen molar-refractivity contribution in [3.05, 3.63) is 94.4 Å². The molecule has 0 fully saturated rings. The summed E-state index contributed by atoms with van der Waals surface area (Å²) in [6.45, 7) is 1.78. The highest BCUT2D eigenvalue weighted by Crippen LogP contribution is 2.36. The van der Waals surface area contributed by atoms with Crippen molar-refractivity contribution < 1.29 is 14.0 Å². The quantitative estimate of drug-likeness (QED) is 0.540. The monoisotopic (exact) mass is 449 g/mol. The Morgan fingerprint density at radius 3 is 2.16 bits per heavy atom. The van der Waals surface area contributed by atoms with Crippen LogP contribution >= 0.6 is 11.6 Å². The third kappa shape index (κ3) is 3.97. The molecule has 0 aromatic heterocycles. The van der Waals surface area contributed by atoms with E-state index in [1.54, 1.807) is 25.1 Å². The third-order valence-corrected chi connectivity index (χ3v) is 5.50. The van der Waals surface area contributed by atoms with Gasteiger partial charge in [-0.05, 0) is 72.6 Å². The first-order chi connectivity index (χ1) is 15.3. The molecule has 3 aromatic carbocycles. The average Bonchev–Trinajstić information content (AvgIpc) is 2.99. The van der Waals surface area contributed by atoms with Crippen molar-refractivity contribution in [2.24, 2.45) is 0 Å². The molecule has 3 aromatic rings. The third-order valence-electron chi connectivity index (χ3n) is 5.27. The Hall–Kier alpha value is -3.64. The van der Waals surface area contributed by atoms with E-state index in [1.165, 1.54) is 24.3 Å². The lowest BCUT2D eigenvalue weighted by molar-refractivity contribution is -0.120. The number of aryl methyl sites for hydroxylation is 1. The predicted octanol–water partition coefficient (Wildman–Crippen LogP) is 5.25. The molecule has 0 bridgehead atoms. The number of imide groups is 1. The van der Waals surface area contributed by atoms with E-state index in [4.69, 9.17) is 11.6 Å².